The summed E-state index contributed by atoms with van der Waals surface area (Å²) in [5.74, 6) is -0.421. The van der Waals surface area contributed by atoms with Crippen molar-refractivity contribution >= 4 is 45.5 Å². The Bertz CT molecular complexity index is 972. The Morgan fingerprint density at radius 1 is 1.38 bits per heavy atom. The number of nitro groups is 1. The highest BCUT2D eigenvalue weighted by Gasteiger charge is 2.30. The van der Waals surface area contributed by atoms with Gasteiger partial charge in [-0.1, -0.05) is 24.9 Å². The van der Waals surface area contributed by atoms with Gasteiger partial charge in [-0.25, -0.2) is 4.79 Å². The molecular formula is C20H21ClN2O5S. The van der Waals surface area contributed by atoms with Gasteiger partial charge in [-0.3, -0.25) is 14.9 Å². The number of carbonyl (C=O) groups is 2. The zero-order chi connectivity index (χ0) is 21.1. The Morgan fingerprint density at radius 2 is 2.14 bits per heavy atom. The number of non-ortho nitro benzene ring substituents is 1. The fourth-order valence-corrected chi connectivity index (χ4v) is 5.09. The zero-order valence-electron chi connectivity index (χ0n) is 16.1. The lowest BCUT2D eigenvalue weighted by atomic mass is 9.85. The lowest BCUT2D eigenvalue weighted by Gasteiger charge is -2.20. The Kier molecular flexibility index (Phi) is 6.54. The molecule has 1 aliphatic rings. The number of ether oxygens (including phenoxy) is 1. The summed E-state index contributed by atoms with van der Waals surface area (Å²) in [6.07, 6.45) is 3.70. The van der Waals surface area contributed by atoms with Crippen molar-refractivity contribution in [3.8, 4) is 0 Å². The van der Waals surface area contributed by atoms with E-state index < -0.39 is 16.8 Å². The zero-order valence-corrected chi connectivity index (χ0v) is 17.7. The molecule has 3 rings (SSSR count). The first-order valence-electron chi connectivity index (χ1n) is 9.42. The van der Waals surface area contributed by atoms with Crippen LogP contribution < -0.4 is 5.32 Å². The van der Waals surface area contributed by atoms with Crippen molar-refractivity contribution in [1.29, 1.82) is 0 Å². The van der Waals surface area contributed by atoms with Gasteiger partial charge in [0.15, 0.2) is 0 Å². The molecule has 0 fully saturated rings. The largest absolute Gasteiger partial charge is 0.462 e. The molecule has 2 aromatic rings. The van der Waals surface area contributed by atoms with Gasteiger partial charge in [0.1, 0.15) is 5.00 Å². The number of halogens is 1. The van der Waals surface area contributed by atoms with E-state index >= 15 is 0 Å². The second-order valence-electron chi connectivity index (χ2n) is 6.82. The number of rotatable bonds is 6. The summed E-state index contributed by atoms with van der Waals surface area (Å²) in [6, 6.07) is 3.66. The number of carbonyl (C=O) groups excluding carboxylic acids is 2. The van der Waals surface area contributed by atoms with Crippen molar-refractivity contribution in [2.75, 3.05) is 11.9 Å². The molecule has 29 heavy (non-hydrogen) atoms. The predicted octanol–water partition coefficient (Wildman–Crippen LogP) is 5.25. The summed E-state index contributed by atoms with van der Waals surface area (Å²) in [5.41, 5.74) is 1.26. The average Bonchev–Trinajstić information content (AvgIpc) is 3.04. The Hall–Kier alpha value is -2.45. The lowest BCUT2D eigenvalue weighted by Crippen LogP contribution is -2.17. The maximum atomic E-state index is 12.8. The molecule has 1 N–H and O–H groups in total. The smallest absolute Gasteiger partial charge is 0.341 e. The summed E-state index contributed by atoms with van der Waals surface area (Å²) in [7, 11) is 0. The molecule has 9 heteroatoms. The van der Waals surface area contributed by atoms with E-state index in [1.165, 1.54) is 23.5 Å². The van der Waals surface area contributed by atoms with Crippen LogP contribution in [0, 0.1) is 16.0 Å². The summed E-state index contributed by atoms with van der Waals surface area (Å²) in [4.78, 5) is 36.7. The highest BCUT2D eigenvalue weighted by atomic mass is 35.5. The number of hydrogen-bond donors (Lipinski definition) is 1. The van der Waals surface area contributed by atoms with E-state index in [1.54, 1.807) is 6.92 Å². The fraction of sp³-hybridized carbons (Fsp3) is 0.400. The van der Waals surface area contributed by atoms with Crippen LogP contribution >= 0.6 is 22.9 Å². The van der Waals surface area contributed by atoms with Crippen molar-refractivity contribution in [2.24, 2.45) is 5.92 Å². The van der Waals surface area contributed by atoms with Crippen LogP contribution in [0.5, 0.6) is 0 Å². The molecule has 0 spiro atoms. The van der Waals surface area contributed by atoms with E-state index in [-0.39, 0.29) is 22.9 Å². The van der Waals surface area contributed by atoms with Crippen LogP contribution in [0.15, 0.2) is 18.2 Å². The molecule has 0 saturated carbocycles. The number of nitrogens with zero attached hydrogens (tertiary/aromatic N) is 1. The van der Waals surface area contributed by atoms with Gasteiger partial charge in [-0.2, -0.15) is 0 Å². The first-order valence-corrected chi connectivity index (χ1v) is 10.6. The van der Waals surface area contributed by atoms with Crippen molar-refractivity contribution in [2.45, 2.75) is 39.5 Å². The lowest BCUT2D eigenvalue weighted by molar-refractivity contribution is -0.384. The molecule has 1 atom stereocenters. The fourth-order valence-electron chi connectivity index (χ4n) is 3.48. The quantitative estimate of drug-likeness (QED) is 0.378. The number of anilines is 1. The number of amides is 1. The molecule has 0 aliphatic heterocycles. The number of esters is 1. The van der Waals surface area contributed by atoms with Crippen LogP contribution in [0.3, 0.4) is 0 Å². The van der Waals surface area contributed by atoms with Gasteiger partial charge in [-0.15, -0.1) is 11.3 Å². The van der Waals surface area contributed by atoms with Gasteiger partial charge in [-0.05, 0) is 43.7 Å². The molecule has 1 heterocycles. The van der Waals surface area contributed by atoms with E-state index in [2.05, 4.69) is 12.2 Å². The normalized spacial score (nSPS) is 15.5. The first-order chi connectivity index (χ1) is 13.8. The second-order valence-corrected chi connectivity index (χ2v) is 8.33. The van der Waals surface area contributed by atoms with E-state index in [4.69, 9.17) is 16.3 Å². The Balaban J connectivity index is 1.94. The molecule has 1 aromatic heterocycles. The highest BCUT2D eigenvalue weighted by Crippen LogP contribution is 2.41. The molecular weight excluding hydrogens is 416 g/mol. The molecule has 154 valence electrons. The molecule has 0 saturated heterocycles. The number of benzene rings is 1. The standard InChI is InChI=1S/C20H21ClN2O5S/c1-3-11-5-7-14-16(9-11)29-19(17(14)20(25)28-4-2)22-18(24)13-8-6-12(23(26)27)10-15(13)21/h6,8,10-11H,3-5,7,9H2,1-2H3,(H,22,24)/t11-/m0/s1. The summed E-state index contributed by atoms with van der Waals surface area (Å²) in [6.45, 7) is 4.12. The van der Waals surface area contributed by atoms with E-state index in [1.807, 2.05) is 0 Å². The van der Waals surface area contributed by atoms with Gasteiger partial charge in [0.05, 0.1) is 27.7 Å². The van der Waals surface area contributed by atoms with Crippen LogP contribution in [0.1, 0.15) is 57.8 Å². The van der Waals surface area contributed by atoms with Gasteiger partial charge in [0, 0.05) is 17.0 Å². The third-order valence-corrected chi connectivity index (χ3v) is 6.54. The molecule has 1 amide bonds. The van der Waals surface area contributed by atoms with Crippen LogP contribution in [0.4, 0.5) is 10.7 Å². The van der Waals surface area contributed by atoms with Crippen LogP contribution in [0.2, 0.25) is 5.02 Å². The van der Waals surface area contributed by atoms with Crippen molar-refractivity contribution < 1.29 is 19.2 Å². The van der Waals surface area contributed by atoms with Crippen molar-refractivity contribution in [3.63, 3.8) is 0 Å². The number of hydrogen-bond acceptors (Lipinski definition) is 6. The average molecular weight is 437 g/mol. The SMILES string of the molecule is CCOC(=O)c1c(NC(=O)c2ccc([N+](=O)[O-])cc2Cl)sc2c1CC[C@H](CC)C2. The Labute approximate surface area is 177 Å². The Morgan fingerprint density at radius 3 is 2.76 bits per heavy atom. The third-order valence-electron chi connectivity index (χ3n) is 5.06. The van der Waals surface area contributed by atoms with Crippen LogP contribution in [-0.4, -0.2) is 23.4 Å². The summed E-state index contributed by atoms with van der Waals surface area (Å²) >= 11 is 7.46. The van der Waals surface area contributed by atoms with Gasteiger partial charge >= 0.3 is 5.97 Å². The highest BCUT2D eigenvalue weighted by molar-refractivity contribution is 7.17. The van der Waals surface area contributed by atoms with Gasteiger partial charge in [0.25, 0.3) is 11.6 Å². The van der Waals surface area contributed by atoms with Gasteiger partial charge < -0.3 is 10.1 Å². The number of thiophene rings is 1. The van der Waals surface area contributed by atoms with Crippen molar-refractivity contribution in [1.82, 2.24) is 0 Å². The molecule has 1 aromatic carbocycles. The van der Waals surface area contributed by atoms with E-state index in [0.29, 0.717) is 16.5 Å². The third kappa shape index (κ3) is 4.43. The molecule has 0 bridgehead atoms. The summed E-state index contributed by atoms with van der Waals surface area (Å²) < 4.78 is 5.21. The topological polar surface area (TPSA) is 98.5 Å². The minimum Gasteiger partial charge on any atom is -0.462 e. The monoisotopic (exact) mass is 436 g/mol. The van der Waals surface area contributed by atoms with Crippen LogP contribution in [0.25, 0.3) is 0 Å². The number of fused-ring (bicyclic) bond motifs is 1. The van der Waals surface area contributed by atoms with Crippen LogP contribution in [-0.2, 0) is 17.6 Å². The van der Waals surface area contributed by atoms with E-state index in [0.717, 1.165) is 42.2 Å². The second kappa shape index (κ2) is 8.92. The molecule has 0 radical (unpaired) electrons. The maximum Gasteiger partial charge on any atom is 0.341 e. The predicted molar refractivity (Wildman–Crippen MR) is 112 cm³/mol. The first kappa shape index (κ1) is 21.3. The molecule has 7 nitrogen and oxygen atoms in total. The molecule has 0 unspecified atom stereocenters. The van der Waals surface area contributed by atoms with Gasteiger partial charge in [0.2, 0.25) is 0 Å². The van der Waals surface area contributed by atoms with E-state index in [9.17, 15) is 19.7 Å². The molecule has 1 aliphatic carbocycles. The minimum atomic E-state index is -0.579. The maximum absolute atomic E-state index is 12.8. The minimum absolute atomic E-state index is 0.0262. The summed E-state index contributed by atoms with van der Waals surface area (Å²) in [5, 5.41) is 14.0. The number of nitro benzene ring substituents is 1. The number of nitrogens with one attached hydrogen (secondary N) is 1. The van der Waals surface area contributed by atoms with Crippen molar-refractivity contribution in [3.05, 3.63) is 54.9 Å².